The second-order valence-corrected chi connectivity index (χ2v) is 9.15. The summed E-state index contributed by atoms with van der Waals surface area (Å²) in [5.74, 6) is -1.43. The predicted octanol–water partition coefficient (Wildman–Crippen LogP) is 2.44. The largest absolute Gasteiger partial charge is 0.480 e. The van der Waals surface area contributed by atoms with Crippen LogP contribution in [0.3, 0.4) is 0 Å². The third kappa shape index (κ3) is 3.40. The molecule has 2 heterocycles. The monoisotopic (exact) mass is 417 g/mol. The van der Waals surface area contributed by atoms with E-state index in [0.29, 0.717) is 24.8 Å². The Morgan fingerprint density at radius 2 is 2.03 bits per heavy atom. The Kier molecular flexibility index (Phi) is 4.87. The summed E-state index contributed by atoms with van der Waals surface area (Å²) < 4.78 is 42.2. The van der Waals surface area contributed by atoms with Gasteiger partial charge in [-0.15, -0.1) is 0 Å². The van der Waals surface area contributed by atoms with Crippen molar-refractivity contribution in [3.8, 4) is 0 Å². The van der Waals surface area contributed by atoms with Crippen LogP contribution in [0.25, 0.3) is 11.0 Å². The number of fused-ring (bicyclic) bond motifs is 3. The number of pyridine rings is 1. The molecule has 1 aliphatic carbocycles. The molecule has 1 atom stereocenters. The number of carbonyl (C=O) groups is 1. The molecule has 1 aliphatic rings. The summed E-state index contributed by atoms with van der Waals surface area (Å²) in [6.07, 6.45) is 3.19. The lowest BCUT2D eigenvalue weighted by Gasteiger charge is -2.31. The fourth-order valence-corrected chi connectivity index (χ4v) is 5.41. The van der Waals surface area contributed by atoms with Crippen molar-refractivity contribution in [1.29, 1.82) is 0 Å². The first-order chi connectivity index (χ1) is 13.8. The number of aliphatic carboxylic acids is 1. The first kappa shape index (κ1) is 19.5. The van der Waals surface area contributed by atoms with E-state index < -0.39 is 21.8 Å². The molecule has 0 amide bonds. The van der Waals surface area contributed by atoms with Gasteiger partial charge in [0.25, 0.3) is 0 Å². The van der Waals surface area contributed by atoms with E-state index in [1.807, 2.05) is 6.07 Å². The Bertz CT molecular complexity index is 1190. The van der Waals surface area contributed by atoms with Crippen molar-refractivity contribution in [2.24, 2.45) is 0 Å². The molecule has 0 saturated heterocycles. The van der Waals surface area contributed by atoms with Gasteiger partial charge in [0.1, 0.15) is 12.4 Å². The van der Waals surface area contributed by atoms with Crippen LogP contribution in [0.15, 0.2) is 47.5 Å². The lowest BCUT2D eigenvalue weighted by atomic mass is 9.92. The zero-order valence-electron chi connectivity index (χ0n) is 15.7. The zero-order chi connectivity index (χ0) is 20.8. The standard InChI is InChI=1S/C20H20FN3O4S/c1-23(29(27,28)15-7-4-13(21)5-8-15)14-6-9-17-16(11-14)20-18(3-2-10-22-20)24(17)12-19(25)26/h2-5,7-8,10,14H,6,9,11-12H2,1H3,(H,25,26). The van der Waals surface area contributed by atoms with Crippen LogP contribution in [-0.2, 0) is 34.2 Å². The van der Waals surface area contributed by atoms with Gasteiger partial charge in [-0.1, -0.05) is 0 Å². The Morgan fingerprint density at radius 3 is 2.72 bits per heavy atom. The molecule has 2 aromatic heterocycles. The van der Waals surface area contributed by atoms with E-state index >= 15 is 0 Å². The smallest absolute Gasteiger partial charge is 0.323 e. The topological polar surface area (TPSA) is 92.5 Å². The van der Waals surface area contributed by atoms with E-state index in [1.54, 1.807) is 16.8 Å². The molecular weight excluding hydrogens is 397 g/mol. The molecule has 9 heteroatoms. The molecule has 1 unspecified atom stereocenters. The van der Waals surface area contributed by atoms with E-state index in [2.05, 4.69) is 4.98 Å². The summed E-state index contributed by atoms with van der Waals surface area (Å²) in [6, 6.07) is 8.06. The number of halogens is 1. The molecule has 29 heavy (non-hydrogen) atoms. The summed E-state index contributed by atoms with van der Waals surface area (Å²) in [6.45, 7) is -0.161. The molecule has 1 aromatic carbocycles. The van der Waals surface area contributed by atoms with Crippen molar-refractivity contribution < 1.29 is 22.7 Å². The van der Waals surface area contributed by atoms with Gasteiger partial charge in [-0.3, -0.25) is 9.78 Å². The molecule has 0 spiro atoms. The number of rotatable bonds is 5. The Morgan fingerprint density at radius 1 is 1.31 bits per heavy atom. The van der Waals surface area contributed by atoms with Gasteiger partial charge in [-0.05, 0) is 55.7 Å². The Balaban J connectivity index is 1.70. The lowest BCUT2D eigenvalue weighted by molar-refractivity contribution is -0.137. The van der Waals surface area contributed by atoms with Gasteiger partial charge in [0.15, 0.2) is 0 Å². The van der Waals surface area contributed by atoms with Gasteiger partial charge >= 0.3 is 5.97 Å². The van der Waals surface area contributed by atoms with Gasteiger partial charge < -0.3 is 9.67 Å². The number of hydrogen-bond donors (Lipinski definition) is 1. The highest BCUT2D eigenvalue weighted by Crippen LogP contribution is 2.33. The van der Waals surface area contributed by atoms with Gasteiger partial charge in [0.05, 0.1) is 15.9 Å². The van der Waals surface area contributed by atoms with Gasteiger partial charge in [0, 0.05) is 30.5 Å². The second-order valence-electron chi connectivity index (χ2n) is 7.15. The average molecular weight is 417 g/mol. The molecule has 0 bridgehead atoms. The molecule has 152 valence electrons. The van der Waals surface area contributed by atoms with Crippen LogP contribution in [0.2, 0.25) is 0 Å². The molecule has 3 aromatic rings. The summed E-state index contributed by atoms with van der Waals surface area (Å²) in [5, 5.41) is 9.28. The van der Waals surface area contributed by atoms with Crippen molar-refractivity contribution in [1.82, 2.24) is 13.9 Å². The van der Waals surface area contributed by atoms with Crippen LogP contribution in [0.1, 0.15) is 17.7 Å². The first-order valence-electron chi connectivity index (χ1n) is 9.19. The number of nitrogens with zero attached hydrogens (tertiary/aromatic N) is 3. The SMILES string of the molecule is CN(C1CCc2c(c3ncccc3n2CC(=O)O)C1)S(=O)(=O)c1ccc(F)cc1. The van der Waals surface area contributed by atoms with E-state index in [-0.39, 0.29) is 17.5 Å². The van der Waals surface area contributed by atoms with Gasteiger partial charge in [0.2, 0.25) is 10.0 Å². The summed E-state index contributed by atoms with van der Waals surface area (Å²) in [4.78, 5) is 15.8. The minimum atomic E-state index is -3.78. The highest BCUT2D eigenvalue weighted by atomic mass is 32.2. The third-order valence-electron chi connectivity index (χ3n) is 5.49. The average Bonchev–Trinajstić information content (AvgIpc) is 3.00. The van der Waals surface area contributed by atoms with Crippen molar-refractivity contribution in [3.05, 3.63) is 59.7 Å². The van der Waals surface area contributed by atoms with E-state index in [9.17, 15) is 22.7 Å². The molecule has 4 rings (SSSR count). The fraction of sp³-hybridized carbons (Fsp3) is 0.300. The fourth-order valence-electron chi connectivity index (χ4n) is 4.03. The number of likely N-dealkylation sites (N-methyl/N-ethyl adjacent to an activating group) is 1. The van der Waals surface area contributed by atoms with Crippen LogP contribution < -0.4 is 0 Å². The van der Waals surface area contributed by atoms with Crippen molar-refractivity contribution in [2.75, 3.05) is 7.05 Å². The van der Waals surface area contributed by atoms with Crippen LogP contribution >= 0.6 is 0 Å². The van der Waals surface area contributed by atoms with Crippen LogP contribution in [-0.4, -0.2) is 46.4 Å². The molecule has 1 N–H and O–H groups in total. The number of carboxylic acids is 1. The molecule has 0 radical (unpaired) electrons. The first-order valence-corrected chi connectivity index (χ1v) is 10.6. The van der Waals surface area contributed by atoms with Gasteiger partial charge in [-0.25, -0.2) is 12.8 Å². The molecular formula is C20H20FN3O4S. The lowest BCUT2D eigenvalue weighted by Crippen LogP contribution is -2.40. The number of carboxylic acid groups (broad SMARTS) is 1. The maximum absolute atomic E-state index is 13.2. The number of hydrogen-bond acceptors (Lipinski definition) is 4. The normalized spacial score (nSPS) is 16.9. The molecule has 0 fully saturated rings. The third-order valence-corrected chi connectivity index (χ3v) is 7.41. The van der Waals surface area contributed by atoms with Crippen molar-refractivity contribution in [3.63, 3.8) is 0 Å². The number of sulfonamides is 1. The summed E-state index contributed by atoms with van der Waals surface area (Å²) >= 11 is 0. The Hall–Kier alpha value is -2.78. The number of aromatic nitrogens is 2. The highest BCUT2D eigenvalue weighted by molar-refractivity contribution is 7.89. The van der Waals surface area contributed by atoms with E-state index in [4.69, 9.17) is 0 Å². The predicted molar refractivity (Wildman–Crippen MR) is 105 cm³/mol. The van der Waals surface area contributed by atoms with Crippen LogP contribution in [0.5, 0.6) is 0 Å². The van der Waals surface area contributed by atoms with Crippen molar-refractivity contribution in [2.45, 2.75) is 36.7 Å². The summed E-state index contributed by atoms with van der Waals surface area (Å²) in [5.41, 5.74) is 3.23. The quantitative estimate of drug-likeness (QED) is 0.688. The number of benzene rings is 1. The highest BCUT2D eigenvalue weighted by Gasteiger charge is 2.34. The maximum Gasteiger partial charge on any atom is 0.323 e. The van der Waals surface area contributed by atoms with E-state index in [0.717, 1.165) is 28.9 Å². The zero-order valence-corrected chi connectivity index (χ0v) is 16.6. The minimum Gasteiger partial charge on any atom is -0.480 e. The van der Waals surface area contributed by atoms with Crippen LogP contribution in [0.4, 0.5) is 4.39 Å². The minimum absolute atomic E-state index is 0.0404. The molecule has 0 saturated carbocycles. The van der Waals surface area contributed by atoms with Crippen molar-refractivity contribution >= 4 is 27.0 Å². The molecule has 0 aliphatic heterocycles. The second kappa shape index (κ2) is 7.23. The maximum atomic E-state index is 13.2. The Labute approximate surface area is 167 Å². The van der Waals surface area contributed by atoms with Gasteiger partial charge in [-0.2, -0.15) is 4.31 Å². The summed E-state index contributed by atoms with van der Waals surface area (Å²) in [7, 11) is -2.25. The molecule has 7 nitrogen and oxygen atoms in total. The van der Waals surface area contributed by atoms with E-state index in [1.165, 1.54) is 23.5 Å². The van der Waals surface area contributed by atoms with Crippen LogP contribution in [0, 0.1) is 5.82 Å².